The maximum Gasteiger partial charge on any atom is 0.410 e. The topological polar surface area (TPSA) is 53.0 Å². The number of aliphatic hydroxyl groups is 1. The summed E-state index contributed by atoms with van der Waals surface area (Å²) < 4.78 is 5.37. The van der Waals surface area contributed by atoms with Crippen LogP contribution >= 0.6 is 0 Å². The maximum atomic E-state index is 11.9. The molecule has 1 saturated heterocycles. The van der Waals surface area contributed by atoms with Gasteiger partial charge in [0.25, 0.3) is 0 Å². The second-order valence-electron chi connectivity index (χ2n) is 7.65. The molecule has 0 aromatic rings. The minimum Gasteiger partial charge on any atom is -0.444 e. The van der Waals surface area contributed by atoms with E-state index in [2.05, 4.69) is 4.90 Å². The minimum atomic E-state index is -0.448. The Morgan fingerprint density at radius 2 is 1.60 bits per heavy atom. The first-order chi connectivity index (χ1) is 8.99. The molecule has 20 heavy (non-hydrogen) atoms. The number of carbonyl (C=O) groups excluding carboxylic acids is 1. The van der Waals surface area contributed by atoms with Crippen molar-refractivity contribution in [3.05, 3.63) is 0 Å². The van der Waals surface area contributed by atoms with Gasteiger partial charge >= 0.3 is 6.09 Å². The molecule has 1 aliphatic rings. The van der Waals surface area contributed by atoms with Gasteiger partial charge in [-0.15, -0.1) is 0 Å². The third kappa shape index (κ3) is 5.67. The third-order valence-corrected chi connectivity index (χ3v) is 3.45. The number of ether oxygens (including phenoxy) is 1. The lowest BCUT2D eigenvalue weighted by molar-refractivity contribution is -0.00295. The zero-order valence-corrected chi connectivity index (χ0v) is 13.8. The van der Waals surface area contributed by atoms with Crippen LogP contribution in [0.5, 0.6) is 0 Å². The van der Waals surface area contributed by atoms with Crippen molar-refractivity contribution in [2.75, 3.05) is 32.7 Å². The number of carbonyl (C=O) groups is 1. The number of hydrogen-bond donors (Lipinski definition) is 1. The van der Waals surface area contributed by atoms with Gasteiger partial charge in [0, 0.05) is 32.7 Å². The van der Waals surface area contributed by atoms with Gasteiger partial charge in [-0.05, 0) is 26.2 Å². The zero-order valence-electron chi connectivity index (χ0n) is 13.8. The molecule has 0 spiro atoms. The Balaban J connectivity index is 2.39. The smallest absolute Gasteiger partial charge is 0.410 e. The van der Waals surface area contributed by atoms with Crippen LogP contribution in [0.3, 0.4) is 0 Å². The Morgan fingerprint density at radius 1 is 1.10 bits per heavy atom. The van der Waals surface area contributed by atoms with Gasteiger partial charge in [0.05, 0.1) is 6.10 Å². The summed E-state index contributed by atoms with van der Waals surface area (Å²) in [5.41, 5.74) is -0.557. The van der Waals surface area contributed by atoms with E-state index < -0.39 is 5.60 Å². The van der Waals surface area contributed by atoms with E-state index in [4.69, 9.17) is 4.74 Å². The fourth-order valence-electron chi connectivity index (χ4n) is 1.96. The van der Waals surface area contributed by atoms with Crippen molar-refractivity contribution >= 4 is 6.09 Å². The molecule has 1 aliphatic heterocycles. The number of aliphatic hydroxyl groups excluding tert-OH is 1. The maximum absolute atomic E-state index is 11.9. The van der Waals surface area contributed by atoms with Crippen molar-refractivity contribution in [2.45, 2.75) is 53.2 Å². The Morgan fingerprint density at radius 3 is 2.00 bits per heavy atom. The van der Waals surface area contributed by atoms with Crippen LogP contribution in [0.25, 0.3) is 0 Å². The molecular weight excluding hydrogens is 256 g/mol. The quantitative estimate of drug-likeness (QED) is 0.843. The fourth-order valence-corrected chi connectivity index (χ4v) is 1.96. The first-order valence-electron chi connectivity index (χ1n) is 7.37. The summed E-state index contributed by atoms with van der Waals surface area (Å²) in [5, 5.41) is 10.1. The molecule has 1 rings (SSSR count). The van der Waals surface area contributed by atoms with E-state index in [9.17, 15) is 9.90 Å². The van der Waals surface area contributed by atoms with Crippen LogP contribution in [0.2, 0.25) is 0 Å². The van der Waals surface area contributed by atoms with E-state index in [0.717, 1.165) is 13.1 Å². The second-order valence-corrected chi connectivity index (χ2v) is 7.65. The highest BCUT2D eigenvalue weighted by Gasteiger charge is 2.29. The summed E-state index contributed by atoms with van der Waals surface area (Å²) >= 11 is 0. The largest absolute Gasteiger partial charge is 0.444 e. The molecule has 1 amide bonds. The first kappa shape index (κ1) is 17.2. The predicted molar refractivity (Wildman–Crippen MR) is 79.7 cm³/mol. The molecule has 0 aromatic carbocycles. The average molecular weight is 286 g/mol. The van der Waals surface area contributed by atoms with Gasteiger partial charge in [-0.25, -0.2) is 4.79 Å². The summed E-state index contributed by atoms with van der Waals surface area (Å²) in [5.74, 6) is 0. The van der Waals surface area contributed by atoms with E-state index in [1.54, 1.807) is 4.90 Å². The Bertz CT molecular complexity index is 323. The molecule has 5 nitrogen and oxygen atoms in total. The van der Waals surface area contributed by atoms with E-state index in [-0.39, 0.29) is 17.6 Å². The Hall–Kier alpha value is -0.810. The summed E-state index contributed by atoms with van der Waals surface area (Å²) in [6.07, 6.45) is -0.593. The monoisotopic (exact) mass is 286 g/mol. The van der Waals surface area contributed by atoms with Crippen molar-refractivity contribution in [2.24, 2.45) is 5.41 Å². The number of nitrogens with zero attached hydrogens (tertiary/aromatic N) is 2. The van der Waals surface area contributed by atoms with Gasteiger partial charge in [0.1, 0.15) is 5.60 Å². The van der Waals surface area contributed by atoms with Gasteiger partial charge in [-0.3, -0.25) is 4.90 Å². The molecule has 0 radical (unpaired) electrons. The van der Waals surface area contributed by atoms with Gasteiger partial charge in [-0.1, -0.05) is 20.8 Å². The van der Waals surface area contributed by atoms with Crippen LogP contribution in [0, 0.1) is 5.41 Å². The van der Waals surface area contributed by atoms with E-state index >= 15 is 0 Å². The Kier molecular flexibility index (Phi) is 5.44. The van der Waals surface area contributed by atoms with Crippen molar-refractivity contribution < 1.29 is 14.6 Å². The van der Waals surface area contributed by atoms with Crippen molar-refractivity contribution in [1.29, 1.82) is 0 Å². The normalized spacial score (nSPS) is 19.9. The van der Waals surface area contributed by atoms with Gasteiger partial charge in [-0.2, -0.15) is 0 Å². The Labute approximate surface area is 122 Å². The number of amides is 1. The summed E-state index contributed by atoms with van der Waals surface area (Å²) in [6, 6.07) is 0. The van der Waals surface area contributed by atoms with Crippen molar-refractivity contribution in [3.63, 3.8) is 0 Å². The third-order valence-electron chi connectivity index (χ3n) is 3.45. The molecule has 0 saturated carbocycles. The molecule has 1 fully saturated rings. The highest BCUT2D eigenvalue weighted by Crippen LogP contribution is 2.20. The van der Waals surface area contributed by atoms with Gasteiger partial charge in [0.15, 0.2) is 0 Å². The molecule has 1 unspecified atom stereocenters. The lowest BCUT2D eigenvalue weighted by Gasteiger charge is -2.38. The fraction of sp³-hybridized carbons (Fsp3) is 0.933. The molecule has 0 aromatic heterocycles. The van der Waals surface area contributed by atoms with Gasteiger partial charge in [0.2, 0.25) is 0 Å². The molecule has 118 valence electrons. The van der Waals surface area contributed by atoms with Gasteiger partial charge < -0.3 is 14.7 Å². The van der Waals surface area contributed by atoms with Crippen LogP contribution in [-0.2, 0) is 4.74 Å². The standard InChI is InChI=1S/C15H30N2O3/c1-14(2,3)12(18)11-16-7-9-17(10-8-16)13(19)20-15(4,5)6/h12,18H,7-11H2,1-6H3. The van der Waals surface area contributed by atoms with Crippen molar-refractivity contribution in [3.8, 4) is 0 Å². The molecule has 1 atom stereocenters. The second kappa shape index (κ2) is 6.31. The summed E-state index contributed by atoms with van der Waals surface area (Å²) in [6.45, 7) is 15.3. The number of rotatable bonds is 2. The first-order valence-corrected chi connectivity index (χ1v) is 7.37. The molecule has 0 aliphatic carbocycles. The van der Waals surface area contributed by atoms with Crippen LogP contribution in [0.15, 0.2) is 0 Å². The number of hydrogen-bond acceptors (Lipinski definition) is 4. The molecule has 1 N–H and O–H groups in total. The van der Waals surface area contributed by atoms with Crippen LogP contribution in [0.1, 0.15) is 41.5 Å². The molecule has 0 bridgehead atoms. The molecular formula is C15H30N2O3. The lowest BCUT2D eigenvalue weighted by Crippen LogP contribution is -2.52. The highest BCUT2D eigenvalue weighted by atomic mass is 16.6. The van der Waals surface area contributed by atoms with Crippen LogP contribution < -0.4 is 0 Å². The number of piperazine rings is 1. The van der Waals surface area contributed by atoms with Crippen molar-refractivity contribution in [1.82, 2.24) is 9.80 Å². The average Bonchev–Trinajstić information content (AvgIpc) is 2.26. The SMILES string of the molecule is CC(C)(C)OC(=O)N1CCN(CC(O)C(C)(C)C)CC1. The summed E-state index contributed by atoms with van der Waals surface area (Å²) in [7, 11) is 0. The van der Waals surface area contributed by atoms with Crippen LogP contribution in [0.4, 0.5) is 4.79 Å². The molecule has 5 heteroatoms. The van der Waals surface area contributed by atoms with Crippen LogP contribution in [-0.4, -0.2) is 65.4 Å². The lowest BCUT2D eigenvalue weighted by atomic mass is 9.89. The van der Waals surface area contributed by atoms with E-state index in [1.165, 1.54) is 0 Å². The van der Waals surface area contributed by atoms with E-state index in [0.29, 0.717) is 19.6 Å². The highest BCUT2D eigenvalue weighted by molar-refractivity contribution is 5.68. The predicted octanol–water partition coefficient (Wildman–Crippen LogP) is 1.95. The molecule has 1 heterocycles. The summed E-state index contributed by atoms with van der Waals surface area (Å²) in [4.78, 5) is 15.9. The minimum absolute atomic E-state index is 0.109. The van der Waals surface area contributed by atoms with E-state index in [1.807, 2.05) is 41.5 Å². The zero-order chi connectivity index (χ0) is 15.6. The number of β-amino-alcohol motifs (C(OH)–C–C–N with tert-alkyl or cyclic N) is 1.